The number of ether oxygens (including phenoxy) is 2. The summed E-state index contributed by atoms with van der Waals surface area (Å²) in [7, 11) is 0. The molecule has 0 unspecified atom stereocenters. The van der Waals surface area contributed by atoms with Gasteiger partial charge < -0.3 is 9.47 Å². The molecule has 0 amide bonds. The molecule has 28 heavy (non-hydrogen) atoms. The molecule has 0 N–H and O–H groups in total. The summed E-state index contributed by atoms with van der Waals surface area (Å²) in [6.45, 7) is 8.99. The number of hydrogen-bond donors (Lipinski definition) is 0. The monoisotopic (exact) mass is 390 g/mol. The molecule has 0 aromatic heterocycles. The van der Waals surface area contributed by atoms with Crippen molar-refractivity contribution in [1.29, 1.82) is 0 Å². The molecule has 1 rings (SSSR count). The first-order valence-corrected chi connectivity index (χ1v) is 10.8. The first-order chi connectivity index (χ1) is 13.3. The van der Waals surface area contributed by atoms with Crippen LogP contribution in [0.25, 0.3) is 0 Å². The van der Waals surface area contributed by atoms with Gasteiger partial charge in [0.15, 0.2) is 0 Å². The zero-order valence-electron chi connectivity index (χ0n) is 18.2. The molecule has 0 fully saturated rings. The second kappa shape index (κ2) is 13.4. The van der Waals surface area contributed by atoms with Crippen molar-refractivity contribution in [2.75, 3.05) is 13.2 Å². The van der Waals surface area contributed by atoms with Gasteiger partial charge >= 0.3 is 11.9 Å². The van der Waals surface area contributed by atoms with Gasteiger partial charge in [0.2, 0.25) is 0 Å². The van der Waals surface area contributed by atoms with Crippen LogP contribution in [0.3, 0.4) is 0 Å². The fourth-order valence-electron chi connectivity index (χ4n) is 2.80. The Bertz CT molecular complexity index is 587. The molecule has 4 nitrogen and oxygen atoms in total. The second-order valence-electron chi connectivity index (χ2n) is 8.68. The minimum Gasteiger partial charge on any atom is -0.462 e. The number of hydrogen-bond acceptors (Lipinski definition) is 4. The standard InChI is InChI=1S/C24H38O4/c1-5-6-7-8-9-10-11-12-13-17-27-22(25)20-15-14-16-21(18-20)23(26)28-19-24(2,3)4/h14-16,18H,5-13,17,19H2,1-4H3. The van der Waals surface area contributed by atoms with Crippen LogP contribution in [0.1, 0.15) is 106 Å². The van der Waals surface area contributed by atoms with Gasteiger partial charge in [0, 0.05) is 0 Å². The van der Waals surface area contributed by atoms with Crippen molar-refractivity contribution in [2.45, 2.75) is 85.5 Å². The number of carbonyl (C=O) groups excluding carboxylic acids is 2. The summed E-state index contributed by atoms with van der Waals surface area (Å²) in [5.74, 6) is -0.798. The fourth-order valence-corrected chi connectivity index (χ4v) is 2.80. The molecule has 0 saturated carbocycles. The molecule has 0 atom stereocenters. The molecule has 0 spiro atoms. The lowest BCUT2D eigenvalue weighted by atomic mass is 9.99. The third-order valence-corrected chi connectivity index (χ3v) is 4.45. The first-order valence-electron chi connectivity index (χ1n) is 10.8. The lowest BCUT2D eigenvalue weighted by Crippen LogP contribution is -2.18. The van der Waals surface area contributed by atoms with Gasteiger partial charge in [-0.1, -0.05) is 85.1 Å². The summed E-state index contributed by atoms with van der Waals surface area (Å²) in [6.07, 6.45) is 11.0. The minimum atomic E-state index is -0.413. The van der Waals surface area contributed by atoms with Crippen molar-refractivity contribution in [3.63, 3.8) is 0 Å². The fraction of sp³-hybridized carbons (Fsp3) is 0.667. The molecule has 0 heterocycles. The Morgan fingerprint density at radius 1 is 0.786 bits per heavy atom. The van der Waals surface area contributed by atoms with Crippen molar-refractivity contribution in [1.82, 2.24) is 0 Å². The van der Waals surface area contributed by atoms with Crippen molar-refractivity contribution in [3.8, 4) is 0 Å². The summed E-state index contributed by atoms with van der Waals surface area (Å²) in [4.78, 5) is 24.3. The molecular formula is C24H38O4. The maximum Gasteiger partial charge on any atom is 0.338 e. The highest BCUT2D eigenvalue weighted by Crippen LogP contribution is 2.15. The van der Waals surface area contributed by atoms with Crippen LogP contribution in [0.2, 0.25) is 0 Å². The van der Waals surface area contributed by atoms with E-state index in [1.54, 1.807) is 24.3 Å². The van der Waals surface area contributed by atoms with E-state index < -0.39 is 5.97 Å². The van der Waals surface area contributed by atoms with Gasteiger partial charge in [-0.3, -0.25) is 0 Å². The molecular weight excluding hydrogens is 352 g/mol. The van der Waals surface area contributed by atoms with Crippen LogP contribution in [0.4, 0.5) is 0 Å². The zero-order chi connectivity index (χ0) is 20.8. The Morgan fingerprint density at radius 2 is 1.29 bits per heavy atom. The minimum absolute atomic E-state index is 0.0955. The average Bonchev–Trinajstić information content (AvgIpc) is 2.67. The molecule has 1 aromatic carbocycles. The normalized spacial score (nSPS) is 11.3. The van der Waals surface area contributed by atoms with Crippen LogP contribution >= 0.6 is 0 Å². The summed E-state index contributed by atoms with van der Waals surface area (Å²) in [6, 6.07) is 6.55. The molecule has 1 aromatic rings. The number of unbranched alkanes of at least 4 members (excludes halogenated alkanes) is 8. The Balaban J connectivity index is 2.27. The molecule has 0 aliphatic heterocycles. The van der Waals surface area contributed by atoms with Crippen LogP contribution in [-0.2, 0) is 9.47 Å². The van der Waals surface area contributed by atoms with E-state index in [2.05, 4.69) is 6.92 Å². The van der Waals surface area contributed by atoms with E-state index in [0.29, 0.717) is 24.3 Å². The molecule has 158 valence electrons. The van der Waals surface area contributed by atoms with Crippen molar-refractivity contribution < 1.29 is 19.1 Å². The van der Waals surface area contributed by atoms with E-state index in [-0.39, 0.29) is 11.4 Å². The predicted molar refractivity (Wildman–Crippen MR) is 114 cm³/mol. The Kier molecular flexibility index (Phi) is 11.5. The molecule has 0 saturated heterocycles. The van der Waals surface area contributed by atoms with E-state index in [9.17, 15) is 9.59 Å². The average molecular weight is 391 g/mol. The van der Waals surface area contributed by atoms with Gasteiger partial charge in [0.1, 0.15) is 0 Å². The van der Waals surface area contributed by atoms with Gasteiger partial charge in [-0.25, -0.2) is 9.59 Å². The Hall–Kier alpha value is -1.84. The van der Waals surface area contributed by atoms with E-state index in [0.717, 1.165) is 12.8 Å². The SMILES string of the molecule is CCCCCCCCCCCOC(=O)c1cccc(C(=O)OCC(C)(C)C)c1. The summed E-state index contributed by atoms with van der Waals surface area (Å²) < 4.78 is 10.6. The highest BCUT2D eigenvalue weighted by atomic mass is 16.5. The highest BCUT2D eigenvalue weighted by Gasteiger charge is 2.16. The molecule has 0 aliphatic carbocycles. The van der Waals surface area contributed by atoms with Crippen molar-refractivity contribution >= 4 is 11.9 Å². The van der Waals surface area contributed by atoms with Crippen LogP contribution < -0.4 is 0 Å². The quantitative estimate of drug-likeness (QED) is 0.282. The summed E-state index contributed by atoms with van der Waals surface area (Å²) >= 11 is 0. The van der Waals surface area contributed by atoms with Crippen molar-refractivity contribution in [2.24, 2.45) is 5.41 Å². The highest BCUT2D eigenvalue weighted by molar-refractivity contribution is 5.95. The van der Waals surface area contributed by atoms with E-state index in [1.807, 2.05) is 20.8 Å². The van der Waals surface area contributed by atoms with Gasteiger partial charge in [-0.15, -0.1) is 0 Å². The maximum atomic E-state index is 12.2. The summed E-state index contributed by atoms with van der Waals surface area (Å²) in [5.41, 5.74) is 0.671. The van der Waals surface area contributed by atoms with E-state index in [1.165, 1.54) is 44.9 Å². The number of esters is 2. The topological polar surface area (TPSA) is 52.6 Å². The lowest BCUT2D eigenvalue weighted by Gasteiger charge is -2.17. The predicted octanol–water partition coefficient (Wildman–Crippen LogP) is 6.58. The number of benzene rings is 1. The van der Waals surface area contributed by atoms with Gasteiger partial charge in [-0.2, -0.15) is 0 Å². The second-order valence-corrected chi connectivity index (χ2v) is 8.68. The number of rotatable bonds is 13. The molecule has 0 radical (unpaired) electrons. The summed E-state index contributed by atoms with van der Waals surface area (Å²) in [5, 5.41) is 0. The van der Waals surface area contributed by atoms with Gasteiger partial charge in [0.25, 0.3) is 0 Å². The molecule has 0 aliphatic rings. The van der Waals surface area contributed by atoms with E-state index in [4.69, 9.17) is 9.47 Å². The van der Waals surface area contributed by atoms with Gasteiger partial charge in [0.05, 0.1) is 24.3 Å². The largest absolute Gasteiger partial charge is 0.462 e. The molecule has 0 bridgehead atoms. The maximum absolute atomic E-state index is 12.2. The van der Waals surface area contributed by atoms with Crippen LogP contribution in [-0.4, -0.2) is 25.2 Å². The van der Waals surface area contributed by atoms with Crippen LogP contribution in [0, 0.1) is 5.41 Å². The first kappa shape index (κ1) is 24.2. The number of carbonyl (C=O) groups is 2. The van der Waals surface area contributed by atoms with Gasteiger partial charge in [-0.05, 0) is 30.0 Å². The van der Waals surface area contributed by atoms with Crippen LogP contribution in [0.5, 0.6) is 0 Å². The van der Waals surface area contributed by atoms with Crippen molar-refractivity contribution in [3.05, 3.63) is 35.4 Å². The smallest absolute Gasteiger partial charge is 0.338 e. The zero-order valence-corrected chi connectivity index (χ0v) is 18.2. The van der Waals surface area contributed by atoms with Crippen LogP contribution in [0.15, 0.2) is 24.3 Å². The lowest BCUT2D eigenvalue weighted by molar-refractivity contribution is 0.0367. The third kappa shape index (κ3) is 11.1. The Morgan fingerprint density at radius 3 is 1.82 bits per heavy atom. The Labute approximate surface area is 171 Å². The van der Waals surface area contributed by atoms with E-state index >= 15 is 0 Å². The molecule has 4 heteroatoms. The third-order valence-electron chi connectivity index (χ3n) is 4.45.